The monoisotopic (exact) mass is 228 g/mol. The van der Waals surface area contributed by atoms with E-state index in [2.05, 4.69) is 5.10 Å². The predicted octanol–water partition coefficient (Wildman–Crippen LogP) is 2.27. The van der Waals surface area contributed by atoms with Crippen molar-refractivity contribution in [1.29, 1.82) is 0 Å². The Kier molecular flexibility index (Phi) is 2.21. The standard InChI is InChI=1S/C13H12N2O2/c16-8-10-7-12(9-5-6-9)15(14-10)11-3-1-2-4-13(11)17/h1-4,7-9,17H,5-6H2. The number of hydrogen-bond donors (Lipinski definition) is 1. The Balaban J connectivity index is 2.16. The Morgan fingerprint density at radius 1 is 1.35 bits per heavy atom. The molecule has 0 unspecified atom stereocenters. The quantitative estimate of drug-likeness (QED) is 0.820. The minimum Gasteiger partial charge on any atom is -0.506 e. The largest absolute Gasteiger partial charge is 0.506 e. The van der Waals surface area contributed by atoms with Gasteiger partial charge in [-0.1, -0.05) is 12.1 Å². The second-order valence-electron chi connectivity index (χ2n) is 4.29. The number of phenols is 1. The maximum Gasteiger partial charge on any atom is 0.170 e. The van der Waals surface area contributed by atoms with Crippen LogP contribution >= 0.6 is 0 Å². The number of hydrogen-bond acceptors (Lipinski definition) is 3. The van der Waals surface area contributed by atoms with E-state index in [0.717, 1.165) is 24.8 Å². The molecule has 0 amide bonds. The molecular weight excluding hydrogens is 216 g/mol. The fourth-order valence-corrected chi connectivity index (χ4v) is 1.98. The lowest BCUT2D eigenvalue weighted by atomic mass is 10.2. The van der Waals surface area contributed by atoms with Crippen molar-refractivity contribution in [2.45, 2.75) is 18.8 Å². The van der Waals surface area contributed by atoms with Gasteiger partial charge in [-0.25, -0.2) is 4.68 Å². The van der Waals surface area contributed by atoms with Crippen LogP contribution in [0.1, 0.15) is 34.9 Å². The van der Waals surface area contributed by atoms with E-state index in [1.165, 1.54) is 0 Å². The zero-order valence-electron chi connectivity index (χ0n) is 9.21. The Morgan fingerprint density at radius 3 is 2.76 bits per heavy atom. The van der Waals surface area contributed by atoms with Crippen molar-refractivity contribution in [3.8, 4) is 11.4 Å². The molecule has 3 rings (SSSR count). The molecule has 1 saturated carbocycles. The van der Waals surface area contributed by atoms with Gasteiger partial charge < -0.3 is 5.11 Å². The lowest BCUT2D eigenvalue weighted by Crippen LogP contribution is -2.01. The van der Waals surface area contributed by atoms with Crippen LogP contribution in [0.25, 0.3) is 5.69 Å². The summed E-state index contributed by atoms with van der Waals surface area (Å²) in [4.78, 5) is 10.8. The smallest absolute Gasteiger partial charge is 0.170 e. The van der Waals surface area contributed by atoms with Gasteiger partial charge in [-0.15, -0.1) is 0 Å². The van der Waals surface area contributed by atoms with Crippen LogP contribution in [0.4, 0.5) is 0 Å². The first-order chi connectivity index (χ1) is 8.29. The fraction of sp³-hybridized carbons (Fsp3) is 0.231. The van der Waals surface area contributed by atoms with Gasteiger partial charge in [0.05, 0.1) is 0 Å². The lowest BCUT2D eigenvalue weighted by Gasteiger charge is -2.07. The van der Waals surface area contributed by atoms with Crippen LogP contribution < -0.4 is 0 Å². The molecule has 1 heterocycles. The number of aromatic nitrogens is 2. The Morgan fingerprint density at radius 2 is 2.12 bits per heavy atom. The van der Waals surface area contributed by atoms with Gasteiger partial charge in [0.15, 0.2) is 6.29 Å². The van der Waals surface area contributed by atoms with E-state index >= 15 is 0 Å². The highest BCUT2D eigenvalue weighted by molar-refractivity contribution is 5.72. The first-order valence-electron chi connectivity index (χ1n) is 5.63. The van der Waals surface area contributed by atoms with E-state index in [-0.39, 0.29) is 5.75 Å². The highest BCUT2D eigenvalue weighted by atomic mass is 16.3. The van der Waals surface area contributed by atoms with Crippen LogP contribution in [0.2, 0.25) is 0 Å². The molecule has 86 valence electrons. The number of phenolic OH excluding ortho intramolecular Hbond substituents is 1. The second kappa shape index (κ2) is 3.73. The van der Waals surface area contributed by atoms with Crippen LogP contribution in [-0.2, 0) is 0 Å². The summed E-state index contributed by atoms with van der Waals surface area (Å²) >= 11 is 0. The van der Waals surface area contributed by atoms with Gasteiger partial charge in [0.25, 0.3) is 0 Å². The van der Waals surface area contributed by atoms with Crippen molar-refractivity contribution in [2.24, 2.45) is 0 Å². The summed E-state index contributed by atoms with van der Waals surface area (Å²) in [6.45, 7) is 0. The van der Waals surface area contributed by atoms with Crippen molar-refractivity contribution < 1.29 is 9.90 Å². The van der Waals surface area contributed by atoms with E-state index in [1.54, 1.807) is 28.9 Å². The third-order valence-corrected chi connectivity index (χ3v) is 2.98. The average molecular weight is 228 g/mol. The van der Waals surface area contributed by atoms with Crippen LogP contribution in [0.3, 0.4) is 0 Å². The molecule has 0 saturated heterocycles. The summed E-state index contributed by atoms with van der Waals surface area (Å²) in [5.41, 5.74) is 2.05. The first kappa shape index (κ1) is 10.1. The Hall–Kier alpha value is -2.10. The van der Waals surface area contributed by atoms with Gasteiger partial charge in [-0.05, 0) is 31.0 Å². The van der Waals surface area contributed by atoms with Gasteiger partial charge in [0.1, 0.15) is 17.1 Å². The molecule has 2 aromatic rings. The number of carbonyl (C=O) groups excluding carboxylic acids is 1. The second-order valence-corrected chi connectivity index (χ2v) is 4.29. The van der Waals surface area contributed by atoms with Crippen molar-refractivity contribution in [3.05, 3.63) is 41.7 Å². The highest BCUT2D eigenvalue weighted by Gasteiger charge is 2.29. The third kappa shape index (κ3) is 1.71. The molecule has 1 aliphatic carbocycles. The van der Waals surface area contributed by atoms with Gasteiger partial charge in [-0.2, -0.15) is 5.10 Å². The zero-order valence-corrected chi connectivity index (χ0v) is 9.21. The van der Waals surface area contributed by atoms with E-state index in [4.69, 9.17) is 0 Å². The van der Waals surface area contributed by atoms with Crippen molar-refractivity contribution in [1.82, 2.24) is 9.78 Å². The Labute approximate surface area is 98.5 Å². The van der Waals surface area contributed by atoms with Gasteiger partial charge in [0, 0.05) is 11.6 Å². The molecule has 0 radical (unpaired) electrons. The number of aldehydes is 1. The van der Waals surface area contributed by atoms with Gasteiger partial charge >= 0.3 is 0 Å². The van der Waals surface area contributed by atoms with Crippen LogP contribution in [0.15, 0.2) is 30.3 Å². The molecule has 1 aromatic carbocycles. The minimum atomic E-state index is 0.176. The topological polar surface area (TPSA) is 55.1 Å². The molecule has 1 fully saturated rings. The molecule has 0 spiro atoms. The number of rotatable bonds is 3. The summed E-state index contributed by atoms with van der Waals surface area (Å²) in [6, 6.07) is 8.82. The summed E-state index contributed by atoms with van der Waals surface area (Å²) in [5, 5.41) is 14.0. The molecule has 4 heteroatoms. The molecule has 1 aliphatic rings. The summed E-state index contributed by atoms with van der Waals surface area (Å²) in [7, 11) is 0. The number of para-hydroxylation sites is 2. The molecule has 1 aromatic heterocycles. The minimum absolute atomic E-state index is 0.176. The van der Waals surface area contributed by atoms with Crippen LogP contribution in [-0.4, -0.2) is 21.2 Å². The highest BCUT2D eigenvalue weighted by Crippen LogP contribution is 2.41. The van der Waals surface area contributed by atoms with Crippen molar-refractivity contribution >= 4 is 6.29 Å². The number of nitrogens with zero attached hydrogens (tertiary/aromatic N) is 2. The van der Waals surface area contributed by atoms with E-state index < -0.39 is 0 Å². The molecule has 4 nitrogen and oxygen atoms in total. The van der Waals surface area contributed by atoms with Crippen molar-refractivity contribution in [3.63, 3.8) is 0 Å². The molecular formula is C13H12N2O2. The molecule has 0 aliphatic heterocycles. The maximum absolute atomic E-state index is 10.8. The molecule has 0 atom stereocenters. The lowest BCUT2D eigenvalue weighted by molar-refractivity contribution is 0.111. The average Bonchev–Trinajstić information content (AvgIpc) is 3.10. The zero-order chi connectivity index (χ0) is 11.8. The molecule has 0 bridgehead atoms. The van der Waals surface area contributed by atoms with Gasteiger partial charge in [0.2, 0.25) is 0 Å². The summed E-state index contributed by atoms with van der Waals surface area (Å²) in [6.07, 6.45) is 2.98. The number of carbonyl (C=O) groups is 1. The normalized spacial score (nSPS) is 14.8. The maximum atomic E-state index is 10.8. The van der Waals surface area contributed by atoms with E-state index in [1.807, 2.05) is 6.07 Å². The van der Waals surface area contributed by atoms with E-state index in [0.29, 0.717) is 17.3 Å². The number of aromatic hydroxyl groups is 1. The van der Waals surface area contributed by atoms with E-state index in [9.17, 15) is 9.90 Å². The third-order valence-electron chi connectivity index (χ3n) is 2.98. The SMILES string of the molecule is O=Cc1cc(C2CC2)n(-c2ccccc2O)n1. The van der Waals surface area contributed by atoms with Gasteiger partial charge in [-0.3, -0.25) is 4.79 Å². The molecule has 1 N–H and O–H groups in total. The summed E-state index contributed by atoms with van der Waals surface area (Å²) < 4.78 is 1.68. The van der Waals surface area contributed by atoms with Crippen LogP contribution in [0, 0.1) is 0 Å². The molecule has 17 heavy (non-hydrogen) atoms. The summed E-state index contributed by atoms with van der Waals surface area (Å²) in [5.74, 6) is 0.644. The Bertz CT molecular complexity index is 571. The van der Waals surface area contributed by atoms with Crippen LogP contribution in [0.5, 0.6) is 5.75 Å². The number of benzene rings is 1. The van der Waals surface area contributed by atoms with Crippen molar-refractivity contribution in [2.75, 3.05) is 0 Å². The first-order valence-corrected chi connectivity index (χ1v) is 5.63. The fourth-order valence-electron chi connectivity index (χ4n) is 1.98. The predicted molar refractivity (Wildman–Crippen MR) is 62.6 cm³/mol.